The van der Waals surface area contributed by atoms with E-state index in [9.17, 15) is 9.18 Å². The van der Waals surface area contributed by atoms with Gasteiger partial charge in [-0.3, -0.25) is 9.79 Å². The Morgan fingerprint density at radius 3 is 2.45 bits per heavy atom. The molecule has 0 fully saturated rings. The summed E-state index contributed by atoms with van der Waals surface area (Å²) < 4.78 is 13.3. The van der Waals surface area contributed by atoms with Crippen LogP contribution in [0, 0.1) is 11.2 Å². The average molecular weight is 415 g/mol. The summed E-state index contributed by atoms with van der Waals surface area (Å²) in [4.78, 5) is 17.1. The van der Waals surface area contributed by atoms with E-state index in [4.69, 9.17) is 5.41 Å². The van der Waals surface area contributed by atoms with Crippen LogP contribution in [0.3, 0.4) is 0 Å². The molecule has 0 saturated carbocycles. The first kappa shape index (κ1) is 23.6. The standard InChI is InChI=1S/C27H27FN2O/c1-6-22(9-14-27(31)25-8-7-15-30-21(5)19(25)3)16-26(18(2)17-29)20(4)23-10-12-24(28)13-11-23/h6-7,9-17,29H,2,4,8H2,1,3,5H3. The first-order chi connectivity index (χ1) is 14.8. The molecule has 0 aromatic heterocycles. The van der Waals surface area contributed by atoms with E-state index in [2.05, 4.69) is 18.2 Å². The molecule has 1 aliphatic heterocycles. The zero-order valence-corrected chi connectivity index (χ0v) is 18.2. The number of hydrogen-bond donors (Lipinski definition) is 1. The number of carbonyl (C=O) groups is 1. The minimum atomic E-state index is -0.332. The van der Waals surface area contributed by atoms with Crippen molar-refractivity contribution in [3.63, 3.8) is 0 Å². The van der Waals surface area contributed by atoms with Crippen molar-refractivity contribution < 1.29 is 9.18 Å². The largest absolute Gasteiger partial charge is 0.308 e. The fourth-order valence-corrected chi connectivity index (χ4v) is 3.01. The van der Waals surface area contributed by atoms with Gasteiger partial charge in [-0.2, -0.15) is 0 Å². The van der Waals surface area contributed by atoms with Gasteiger partial charge in [-0.15, -0.1) is 0 Å². The molecule has 0 atom stereocenters. The molecule has 0 unspecified atom stereocenters. The molecule has 3 nitrogen and oxygen atoms in total. The molecule has 2 rings (SSSR count). The van der Waals surface area contributed by atoms with Gasteiger partial charge >= 0.3 is 0 Å². The first-order valence-corrected chi connectivity index (χ1v) is 9.93. The van der Waals surface area contributed by atoms with Gasteiger partial charge in [-0.1, -0.05) is 43.5 Å². The maximum Gasteiger partial charge on any atom is 0.182 e. The molecular weight excluding hydrogens is 387 g/mol. The summed E-state index contributed by atoms with van der Waals surface area (Å²) in [5.41, 5.74) is 5.65. The van der Waals surface area contributed by atoms with Crippen LogP contribution in [-0.2, 0) is 4.79 Å². The van der Waals surface area contributed by atoms with Crippen LogP contribution in [0.15, 0.2) is 107 Å². The van der Waals surface area contributed by atoms with E-state index in [-0.39, 0.29) is 11.6 Å². The maximum atomic E-state index is 13.3. The third-order valence-corrected chi connectivity index (χ3v) is 5.10. The molecule has 0 radical (unpaired) electrons. The normalized spacial score (nSPS) is 15.0. The predicted octanol–water partition coefficient (Wildman–Crippen LogP) is 6.74. The second kappa shape index (κ2) is 10.9. The van der Waals surface area contributed by atoms with Crippen molar-refractivity contribution in [1.29, 1.82) is 5.41 Å². The Bertz CT molecular complexity index is 1090. The maximum absolute atomic E-state index is 13.3. The van der Waals surface area contributed by atoms with E-state index in [1.807, 2.05) is 39.0 Å². The van der Waals surface area contributed by atoms with Crippen molar-refractivity contribution in [2.75, 3.05) is 0 Å². The summed E-state index contributed by atoms with van der Waals surface area (Å²) >= 11 is 0. The van der Waals surface area contributed by atoms with Crippen LogP contribution in [0.5, 0.6) is 0 Å². The van der Waals surface area contributed by atoms with Crippen molar-refractivity contribution in [3.05, 3.63) is 113 Å². The molecule has 4 heteroatoms. The predicted molar refractivity (Wildman–Crippen MR) is 129 cm³/mol. The third kappa shape index (κ3) is 6.16. The van der Waals surface area contributed by atoms with Gasteiger partial charge in [0, 0.05) is 23.7 Å². The number of hydrogen-bond acceptors (Lipinski definition) is 3. The summed E-state index contributed by atoms with van der Waals surface area (Å²) in [6.45, 7) is 13.7. The highest BCUT2D eigenvalue weighted by Crippen LogP contribution is 2.27. The van der Waals surface area contributed by atoms with Gasteiger partial charge in [0.05, 0.1) is 0 Å². The molecule has 0 aliphatic carbocycles. The lowest BCUT2D eigenvalue weighted by atomic mass is 9.92. The van der Waals surface area contributed by atoms with E-state index in [0.29, 0.717) is 28.7 Å². The van der Waals surface area contributed by atoms with Crippen LogP contribution < -0.4 is 0 Å². The quantitative estimate of drug-likeness (QED) is 0.286. The minimum absolute atomic E-state index is 0.0730. The summed E-state index contributed by atoms with van der Waals surface area (Å²) in [5, 5.41) is 7.61. The smallest absolute Gasteiger partial charge is 0.182 e. The highest BCUT2D eigenvalue weighted by atomic mass is 19.1. The van der Waals surface area contributed by atoms with Gasteiger partial charge in [-0.25, -0.2) is 4.39 Å². The van der Waals surface area contributed by atoms with Gasteiger partial charge in [0.25, 0.3) is 0 Å². The summed E-state index contributed by atoms with van der Waals surface area (Å²) in [5.74, 6) is -0.405. The van der Waals surface area contributed by atoms with Crippen molar-refractivity contribution in [2.24, 2.45) is 4.99 Å². The number of nitrogens with one attached hydrogen (secondary N) is 1. The minimum Gasteiger partial charge on any atom is -0.308 e. The molecule has 1 N–H and O–H groups in total. The number of halogens is 1. The topological polar surface area (TPSA) is 53.3 Å². The van der Waals surface area contributed by atoms with Gasteiger partial charge in [0.1, 0.15) is 5.82 Å². The van der Waals surface area contributed by atoms with E-state index >= 15 is 0 Å². The highest BCUT2D eigenvalue weighted by Gasteiger charge is 2.13. The lowest BCUT2D eigenvalue weighted by molar-refractivity contribution is -0.111. The fourth-order valence-electron chi connectivity index (χ4n) is 3.01. The zero-order chi connectivity index (χ0) is 23.0. The summed E-state index contributed by atoms with van der Waals surface area (Å²) in [6, 6.07) is 6.00. The third-order valence-electron chi connectivity index (χ3n) is 5.10. The number of rotatable bonds is 8. The molecule has 1 heterocycles. The van der Waals surface area contributed by atoms with Crippen LogP contribution in [0.2, 0.25) is 0 Å². The lowest BCUT2D eigenvalue weighted by Gasteiger charge is -2.12. The van der Waals surface area contributed by atoms with Gasteiger partial charge in [0.2, 0.25) is 0 Å². The van der Waals surface area contributed by atoms with Crippen LogP contribution in [0.25, 0.3) is 5.57 Å². The Balaban J connectivity index is 2.35. The van der Waals surface area contributed by atoms with Gasteiger partial charge in [-0.05, 0) is 84.9 Å². The van der Waals surface area contributed by atoms with Crippen molar-refractivity contribution in [3.8, 4) is 0 Å². The monoisotopic (exact) mass is 414 g/mol. The molecular formula is C27H27FN2O. The van der Waals surface area contributed by atoms with E-state index in [0.717, 1.165) is 28.6 Å². The van der Waals surface area contributed by atoms with E-state index < -0.39 is 0 Å². The van der Waals surface area contributed by atoms with Gasteiger partial charge in [0.15, 0.2) is 5.78 Å². The Kier molecular flexibility index (Phi) is 8.33. The SMILES string of the molecule is C=C(C=N)C(=CC(C=CC(=O)C1=C(C)C(C)=NC=CC1)=CC)C(=C)c1ccc(F)cc1. The highest BCUT2D eigenvalue weighted by molar-refractivity contribution is 6.12. The van der Waals surface area contributed by atoms with Crippen LogP contribution in [-0.4, -0.2) is 17.7 Å². The van der Waals surface area contributed by atoms with Crippen LogP contribution in [0.4, 0.5) is 4.39 Å². The molecule has 0 saturated heterocycles. The fraction of sp³-hybridized carbons (Fsp3) is 0.148. The molecule has 1 aliphatic rings. The first-order valence-electron chi connectivity index (χ1n) is 9.93. The Hall–Kier alpha value is -3.66. The second-order valence-electron chi connectivity index (χ2n) is 7.11. The number of carbonyl (C=O) groups excluding carboxylic acids is 1. The Morgan fingerprint density at radius 2 is 1.84 bits per heavy atom. The van der Waals surface area contributed by atoms with E-state index in [1.165, 1.54) is 12.1 Å². The Morgan fingerprint density at radius 1 is 1.16 bits per heavy atom. The molecule has 31 heavy (non-hydrogen) atoms. The zero-order valence-electron chi connectivity index (χ0n) is 18.2. The second-order valence-corrected chi connectivity index (χ2v) is 7.11. The molecule has 158 valence electrons. The van der Waals surface area contributed by atoms with Crippen LogP contribution in [0.1, 0.15) is 32.8 Å². The van der Waals surface area contributed by atoms with E-state index in [1.54, 1.807) is 30.5 Å². The number of nitrogens with zero attached hydrogens (tertiary/aromatic N) is 1. The molecule has 0 amide bonds. The molecule has 0 spiro atoms. The summed E-state index contributed by atoms with van der Waals surface area (Å²) in [6.07, 6.45) is 12.2. The molecule has 1 aromatic carbocycles. The number of ketones is 1. The summed E-state index contributed by atoms with van der Waals surface area (Å²) in [7, 11) is 0. The van der Waals surface area contributed by atoms with Crippen molar-refractivity contribution in [2.45, 2.75) is 27.2 Å². The lowest BCUT2D eigenvalue weighted by Crippen LogP contribution is -2.05. The number of allylic oxidation sites excluding steroid dienone is 11. The Labute approximate surface area is 183 Å². The van der Waals surface area contributed by atoms with Crippen molar-refractivity contribution in [1.82, 2.24) is 0 Å². The number of benzene rings is 1. The van der Waals surface area contributed by atoms with Crippen LogP contribution >= 0.6 is 0 Å². The van der Waals surface area contributed by atoms with Crippen molar-refractivity contribution >= 4 is 23.3 Å². The molecule has 0 bridgehead atoms. The van der Waals surface area contributed by atoms with Gasteiger partial charge < -0.3 is 5.41 Å². The average Bonchev–Trinajstić information content (AvgIpc) is 2.94. The number of aliphatic imine (C=N–C) groups is 1. The molecule has 1 aromatic rings.